The number of nitrogens with one attached hydrogen (secondary N) is 1. The lowest BCUT2D eigenvalue weighted by Gasteiger charge is -2.09. The second-order valence-electron chi connectivity index (χ2n) is 4.55. The van der Waals surface area contributed by atoms with E-state index >= 15 is 0 Å². The third-order valence-electron chi connectivity index (χ3n) is 2.98. The van der Waals surface area contributed by atoms with E-state index in [-0.39, 0.29) is 0 Å². The van der Waals surface area contributed by atoms with Crippen LogP contribution in [0.25, 0.3) is 5.69 Å². The first-order valence-electron chi connectivity index (χ1n) is 6.34. The Balaban J connectivity index is 1.75. The molecule has 0 aliphatic carbocycles. The van der Waals surface area contributed by atoms with Gasteiger partial charge in [0.25, 0.3) is 0 Å². The van der Waals surface area contributed by atoms with E-state index in [0.29, 0.717) is 16.6 Å². The zero-order chi connectivity index (χ0) is 14.7. The molecule has 0 unspecified atom stereocenters. The van der Waals surface area contributed by atoms with Crippen molar-refractivity contribution in [3.63, 3.8) is 0 Å². The van der Waals surface area contributed by atoms with Gasteiger partial charge in [-0.2, -0.15) is 0 Å². The largest absolute Gasteiger partial charge is 0.381 e. The van der Waals surface area contributed by atoms with Crippen molar-refractivity contribution >= 4 is 28.9 Å². The summed E-state index contributed by atoms with van der Waals surface area (Å²) >= 11 is 12.0. The summed E-state index contributed by atoms with van der Waals surface area (Å²) in [5.41, 5.74) is 3.02. The molecule has 4 nitrogen and oxygen atoms in total. The molecule has 0 aliphatic heterocycles. The molecule has 0 saturated carbocycles. The van der Waals surface area contributed by atoms with Crippen LogP contribution in [0.5, 0.6) is 0 Å². The van der Waals surface area contributed by atoms with Crippen LogP contribution in [-0.4, -0.2) is 14.8 Å². The molecular weight excluding hydrogens is 307 g/mol. The molecule has 0 saturated heterocycles. The maximum Gasteiger partial charge on any atom is 0.123 e. The monoisotopic (exact) mass is 318 g/mol. The Morgan fingerprint density at radius 3 is 2.38 bits per heavy atom. The van der Waals surface area contributed by atoms with Crippen molar-refractivity contribution in [2.75, 3.05) is 5.32 Å². The molecule has 0 bridgehead atoms. The molecule has 3 aromatic rings. The van der Waals surface area contributed by atoms with Gasteiger partial charge in [0.2, 0.25) is 0 Å². The normalized spacial score (nSPS) is 10.6. The minimum Gasteiger partial charge on any atom is -0.381 e. The quantitative estimate of drug-likeness (QED) is 0.784. The molecule has 1 aromatic heterocycles. The van der Waals surface area contributed by atoms with Crippen molar-refractivity contribution < 1.29 is 0 Å². The van der Waals surface area contributed by atoms with E-state index in [9.17, 15) is 0 Å². The lowest BCUT2D eigenvalue weighted by molar-refractivity contribution is 1.05. The third-order valence-corrected chi connectivity index (χ3v) is 3.42. The van der Waals surface area contributed by atoms with Crippen LogP contribution in [0.3, 0.4) is 0 Å². The van der Waals surface area contributed by atoms with E-state index in [1.54, 1.807) is 18.7 Å². The van der Waals surface area contributed by atoms with Crippen molar-refractivity contribution in [2.24, 2.45) is 0 Å². The van der Waals surface area contributed by atoms with E-state index in [0.717, 1.165) is 16.9 Å². The van der Waals surface area contributed by atoms with Crippen LogP contribution >= 0.6 is 23.2 Å². The first kappa shape index (κ1) is 13.9. The van der Waals surface area contributed by atoms with Gasteiger partial charge in [-0.1, -0.05) is 29.3 Å². The fourth-order valence-corrected chi connectivity index (χ4v) is 2.60. The van der Waals surface area contributed by atoms with Gasteiger partial charge in [-0.3, -0.25) is 4.57 Å². The Kier molecular flexibility index (Phi) is 4.08. The molecular formula is C15H12Cl2N4. The predicted molar refractivity (Wildman–Crippen MR) is 85.1 cm³/mol. The number of aromatic nitrogens is 3. The number of rotatable bonds is 4. The molecule has 0 amide bonds. The SMILES string of the molecule is Clc1cc(Cl)cc(CNc2cccc(-n3cnnc3)c2)c1. The number of benzene rings is 2. The molecule has 1 N–H and O–H groups in total. The van der Waals surface area contributed by atoms with Crippen LogP contribution in [-0.2, 0) is 6.54 Å². The summed E-state index contributed by atoms with van der Waals surface area (Å²) in [4.78, 5) is 0. The summed E-state index contributed by atoms with van der Waals surface area (Å²) in [5, 5.41) is 12.2. The maximum atomic E-state index is 6.00. The van der Waals surface area contributed by atoms with E-state index in [1.165, 1.54) is 0 Å². The van der Waals surface area contributed by atoms with Crippen LogP contribution in [0, 0.1) is 0 Å². The van der Waals surface area contributed by atoms with Crippen molar-refractivity contribution in [1.29, 1.82) is 0 Å². The lowest BCUT2D eigenvalue weighted by Crippen LogP contribution is -2.00. The Hall–Kier alpha value is -2.04. The highest BCUT2D eigenvalue weighted by Crippen LogP contribution is 2.20. The zero-order valence-corrected chi connectivity index (χ0v) is 12.5. The van der Waals surface area contributed by atoms with Gasteiger partial charge in [-0.15, -0.1) is 10.2 Å². The van der Waals surface area contributed by atoms with Gasteiger partial charge in [0.1, 0.15) is 12.7 Å². The summed E-state index contributed by atoms with van der Waals surface area (Å²) in [6.45, 7) is 0.645. The highest BCUT2D eigenvalue weighted by atomic mass is 35.5. The van der Waals surface area contributed by atoms with Crippen LogP contribution in [0.1, 0.15) is 5.56 Å². The van der Waals surface area contributed by atoms with E-state index in [1.807, 2.05) is 41.0 Å². The Morgan fingerprint density at radius 2 is 1.67 bits per heavy atom. The second-order valence-corrected chi connectivity index (χ2v) is 5.42. The lowest BCUT2D eigenvalue weighted by atomic mass is 10.2. The number of nitrogens with zero attached hydrogens (tertiary/aromatic N) is 3. The summed E-state index contributed by atoms with van der Waals surface area (Å²) in [5.74, 6) is 0. The molecule has 6 heteroatoms. The van der Waals surface area contributed by atoms with E-state index in [2.05, 4.69) is 15.5 Å². The number of halogens is 2. The molecule has 106 valence electrons. The van der Waals surface area contributed by atoms with Crippen LogP contribution < -0.4 is 5.32 Å². The van der Waals surface area contributed by atoms with Gasteiger partial charge >= 0.3 is 0 Å². The van der Waals surface area contributed by atoms with E-state index < -0.39 is 0 Å². The van der Waals surface area contributed by atoms with Crippen LogP contribution in [0.4, 0.5) is 5.69 Å². The fourth-order valence-electron chi connectivity index (χ4n) is 2.03. The molecule has 0 aliphatic rings. The average Bonchev–Trinajstić information content (AvgIpc) is 2.99. The van der Waals surface area contributed by atoms with Crippen molar-refractivity contribution in [3.05, 3.63) is 70.7 Å². The number of hydrogen-bond donors (Lipinski definition) is 1. The highest BCUT2D eigenvalue weighted by Gasteiger charge is 2.01. The van der Waals surface area contributed by atoms with Crippen LogP contribution in [0.15, 0.2) is 55.1 Å². The fraction of sp³-hybridized carbons (Fsp3) is 0.0667. The minimum absolute atomic E-state index is 0.637. The topological polar surface area (TPSA) is 42.7 Å². The van der Waals surface area contributed by atoms with Crippen LogP contribution in [0.2, 0.25) is 10.0 Å². The summed E-state index contributed by atoms with van der Waals surface area (Å²) in [6, 6.07) is 13.5. The number of anilines is 1. The van der Waals surface area contributed by atoms with Crippen molar-refractivity contribution in [1.82, 2.24) is 14.8 Å². The Morgan fingerprint density at radius 1 is 0.952 bits per heavy atom. The first-order valence-corrected chi connectivity index (χ1v) is 7.10. The maximum absolute atomic E-state index is 6.00. The Labute approximate surface area is 132 Å². The molecule has 0 fully saturated rings. The predicted octanol–water partition coefficient (Wildman–Crippen LogP) is 4.19. The van der Waals surface area contributed by atoms with Gasteiger partial charge in [0.15, 0.2) is 0 Å². The summed E-state index contributed by atoms with van der Waals surface area (Å²) < 4.78 is 1.85. The highest BCUT2D eigenvalue weighted by molar-refractivity contribution is 6.34. The molecule has 0 atom stereocenters. The van der Waals surface area contributed by atoms with Gasteiger partial charge in [-0.05, 0) is 42.0 Å². The van der Waals surface area contributed by atoms with Crippen molar-refractivity contribution in [3.8, 4) is 5.69 Å². The van der Waals surface area contributed by atoms with Gasteiger partial charge in [0, 0.05) is 22.3 Å². The number of hydrogen-bond acceptors (Lipinski definition) is 3. The van der Waals surface area contributed by atoms with Gasteiger partial charge in [0.05, 0.1) is 5.69 Å². The van der Waals surface area contributed by atoms with Gasteiger partial charge < -0.3 is 5.32 Å². The molecule has 2 aromatic carbocycles. The Bertz CT molecular complexity index is 721. The zero-order valence-electron chi connectivity index (χ0n) is 11.0. The average molecular weight is 319 g/mol. The molecule has 0 radical (unpaired) electrons. The molecule has 3 rings (SSSR count). The standard InChI is InChI=1S/C15H12Cl2N4/c16-12-4-11(5-13(17)6-12)8-18-14-2-1-3-15(7-14)21-9-19-20-10-21/h1-7,9-10,18H,8H2. The third kappa shape index (κ3) is 3.54. The summed E-state index contributed by atoms with van der Waals surface area (Å²) in [6.07, 6.45) is 3.33. The second kappa shape index (κ2) is 6.16. The van der Waals surface area contributed by atoms with Gasteiger partial charge in [-0.25, -0.2) is 0 Å². The minimum atomic E-state index is 0.637. The van der Waals surface area contributed by atoms with Crippen molar-refractivity contribution in [2.45, 2.75) is 6.54 Å². The molecule has 1 heterocycles. The molecule has 21 heavy (non-hydrogen) atoms. The summed E-state index contributed by atoms with van der Waals surface area (Å²) in [7, 11) is 0. The smallest absolute Gasteiger partial charge is 0.123 e. The molecule has 0 spiro atoms. The van der Waals surface area contributed by atoms with E-state index in [4.69, 9.17) is 23.2 Å². The first-order chi connectivity index (χ1) is 10.2.